The molecular formula is C17H32O3. The van der Waals surface area contributed by atoms with Crippen LogP contribution in [0.15, 0.2) is 0 Å². The third kappa shape index (κ3) is 5.01. The zero-order valence-electron chi connectivity index (χ0n) is 13.1. The largest absolute Gasteiger partial charge is 0.393 e. The third-order valence-electron chi connectivity index (χ3n) is 4.92. The van der Waals surface area contributed by atoms with Gasteiger partial charge in [0.25, 0.3) is 0 Å². The van der Waals surface area contributed by atoms with Crippen molar-refractivity contribution in [2.24, 2.45) is 5.92 Å². The van der Waals surface area contributed by atoms with E-state index in [4.69, 9.17) is 9.47 Å². The van der Waals surface area contributed by atoms with E-state index in [0.717, 1.165) is 45.3 Å². The third-order valence-corrected chi connectivity index (χ3v) is 4.92. The van der Waals surface area contributed by atoms with Gasteiger partial charge in [0, 0.05) is 12.8 Å². The van der Waals surface area contributed by atoms with Gasteiger partial charge in [-0.1, -0.05) is 32.6 Å². The van der Waals surface area contributed by atoms with Crippen LogP contribution < -0.4 is 0 Å². The summed E-state index contributed by atoms with van der Waals surface area (Å²) in [4.78, 5) is 0. The molecule has 0 amide bonds. The van der Waals surface area contributed by atoms with E-state index in [2.05, 4.69) is 6.92 Å². The highest BCUT2D eigenvalue weighted by Gasteiger charge is 2.37. The van der Waals surface area contributed by atoms with Gasteiger partial charge in [-0.05, 0) is 38.0 Å². The molecule has 1 aliphatic heterocycles. The maximum atomic E-state index is 9.62. The molecule has 2 fully saturated rings. The summed E-state index contributed by atoms with van der Waals surface area (Å²) in [6.45, 7) is 3.76. The topological polar surface area (TPSA) is 38.7 Å². The lowest BCUT2D eigenvalue weighted by atomic mass is 9.94. The minimum Gasteiger partial charge on any atom is -0.393 e. The van der Waals surface area contributed by atoms with Gasteiger partial charge in [0.15, 0.2) is 5.79 Å². The molecule has 1 saturated heterocycles. The quantitative estimate of drug-likeness (QED) is 0.650. The van der Waals surface area contributed by atoms with Gasteiger partial charge in [0.2, 0.25) is 0 Å². The lowest BCUT2D eigenvalue weighted by Gasteiger charge is -2.28. The van der Waals surface area contributed by atoms with Crippen LogP contribution in [0.2, 0.25) is 0 Å². The van der Waals surface area contributed by atoms with Crippen molar-refractivity contribution in [3.05, 3.63) is 0 Å². The smallest absolute Gasteiger partial charge is 0.168 e. The predicted molar refractivity (Wildman–Crippen MR) is 80.6 cm³/mol. The number of hydrogen-bond donors (Lipinski definition) is 1. The molecule has 2 aliphatic rings. The first-order chi connectivity index (χ1) is 9.74. The predicted octanol–water partition coefficient (Wildman–Crippen LogP) is 4.03. The Bertz CT molecular complexity index is 261. The number of ether oxygens (including phenoxy) is 2. The van der Waals surface area contributed by atoms with Crippen LogP contribution in [0.25, 0.3) is 0 Å². The summed E-state index contributed by atoms with van der Waals surface area (Å²) in [5, 5.41) is 9.62. The SMILES string of the molecule is CCCCCCCC1(CC[C@H]2CCC(O)C2)OCCO1. The van der Waals surface area contributed by atoms with Crippen molar-refractivity contribution < 1.29 is 14.6 Å². The van der Waals surface area contributed by atoms with Gasteiger partial charge in [-0.25, -0.2) is 0 Å². The molecule has 1 saturated carbocycles. The molecule has 118 valence electrons. The van der Waals surface area contributed by atoms with Crippen LogP contribution in [0, 0.1) is 5.92 Å². The van der Waals surface area contributed by atoms with E-state index in [1.54, 1.807) is 0 Å². The Hall–Kier alpha value is -0.120. The summed E-state index contributed by atoms with van der Waals surface area (Å²) >= 11 is 0. The van der Waals surface area contributed by atoms with Crippen LogP contribution in [0.3, 0.4) is 0 Å². The second kappa shape index (κ2) is 8.35. The molecule has 3 nitrogen and oxygen atoms in total. The second-order valence-electron chi connectivity index (χ2n) is 6.64. The summed E-state index contributed by atoms with van der Waals surface area (Å²) in [5.74, 6) is 0.384. The molecule has 2 atom stereocenters. The van der Waals surface area contributed by atoms with E-state index >= 15 is 0 Å². The summed E-state index contributed by atoms with van der Waals surface area (Å²) in [7, 11) is 0. The van der Waals surface area contributed by atoms with Crippen molar-refractivity contribution in [2.75, 3.05) is 13.2 Å². The Labute approximate surface area is 124 Å². The zero-order chi connectivity index (χ0) is 14.3. The van der Waals surface area contributed by atoms with Crippen molar-refractivity contribution in [3.63, 3.8) is 0 Å². The maximum Gasteiger partial charge on any atom is 0.168 e. The number of hydrogen-bond acceptors (Lipinski definition) is 3. The molecule has 20 heavy (non-hydrogen) atoms. The van der Waals surface area contributed by atoms with Gasteiger partial charge in [-0.2, -0.15) is 0 Å². The highest BCUT2D eigenvalue weighted by Crippen LogP contribution is 2.36. The summed E-state index contributed by atoms with van der Waals surface area (Å²) in [6, 6.07) is 0. The first kappa shape index (κ1) is 16.3. The van der Waals surface area contributed by atoms with E-state index in [-0.39, 0.29) is 11.9 Å². The summed E-state index contributed by atoms with van der Waals surface area (Å²) in [5.41, 5.74) is 0. The lowest BCUT2D eigenvalue weighted by molar-refractivity contribution is -0.170. The molecule has 3 heteroatoms. The highest BCUT2D eigenvalue weighted by molar-refractivity contribution is 4.80. The Morgan fingerprint density at radius 1 is 1.00 bits per heavy atom. The molecule has 1 unspecified atom stereocenters. The number of aliphatic hydroxyl groups is 1. The Balaban J connectivity index is 1.68. The molecule has 0 radical (unpaired) electrons. The lowest BCUT2D eigenvalue weighted by Crippen LogP contribution is -2.30. The molecule has 0 spiro atoms. The number of aliphatic hydroxyl groups excluding tert-OH is 1. The fourth-order valence-corrected chi connectivity index (χ4v) is 3.64. The minimum atomic E-state index is -0.292. The van der Waals surface area contributed by atoms with Gasteiger partial charge < -0.3 is 14.6 Å². The Morgan fingerprint density at radius 2 is 1.75 bits per heavy atom. The van der Waals surface area contributed by atoms with E-state index in [1.165, 1.54) is 38.5 Å². The Kier molecular flexibility index (Phi) is 6.79. The zero-order valence-corrected chi connectivity index (χ0v) is 13.1. The molecule has 0 aromatic heterocycles. The van der Waals surface area contributed by atoms with Gasteiger partial charge in [0.05, 0.1) is 19.3 Å². The van der Waals surface area contributed by atoms with Gasteiger partial charge in [-0.3, -0.25) is 0 Å². The minimum absolute atomic E-state index is 0.0598. The first-order valence-corrected chi connectivity index (χ1v) is 8.70. The standard InChI is InChI=1S/C17H32O3/c1-2-3-4-5-6-10-17(19-12-13-20-17)11-9-15-7-8-16(18)14-15/h15-16,18H,2-14H2,1H3/t15-,16?/m1/s1. The van der Waals surface area contributed by atoms with Crippen LogP contribution in [-0.2, 0) is 9.47 Å². The molecule has 2 rings (SSSR count). The van der Waals surface area contributed by atoms with E-state index in [9.17, 15) is 5.11 Å². The molecule has 1 N–H and O–H groups in total. The van der Waals surface area contributed by atoms with Crippen LogP contribution in [-0.4, -0.2) is 30.2 Å². The molecule has 1 heterocycles. The molecule has 0 aromatic rings. The Morgan fingerprint density at radius 3 is 2.40 bits per heavy atom. The van der Waals surface area contributed by atoms with Crippen molar-refractivity contribution in [3.8, 4) is 0 Å². The number of unbranched alkanes of at least 4 members (excludes halogenated alkanes) is 4. The molecule has 0 bridgehead atoms. The van der Waals surface area contributed by atoms with Crippen LogP contribution in [0.5, 0.6) is 0 Å². The van der Waals surface area contributed by atoms with Crippen LogP contribution in [0.1, 0.15) is 77.6 Å². The van der Waals surface area contributed by atoms with Crippen molar-refractivity contribution in [1.29, 1.82) is 0 Å². The monoisotopic (exact) mass is 284 g/mol. The van der Waals surface area contributed by atoms with E-state index < -0.39 is 0 Å². The normalized spacial score (nSPS) is 29.1. The average Bonchev–Trinajstić information content (AvgIpc) is 3.06. The van der Waals surface area contributed by atoms with Crippen LogP contribution in [0.4, 0.5) is 0 Å². The first-order valence-electron chi connectivity index (χ1n) is 8.70. The van der Waals surface area contributed by atoms with Crippen molar-refractivity contribution in [2.45, 2.75) is 89.4 Å². The fraction of sp³-hybridized carbons (Fsp3) is 1.00. The molecular weight excluding hydrogens is 252 g/mol. The van der Waals surface area contributed by atoms with Gasteiger partial charge in [0.1, 0.15) is 0 Å². The average molecular weight is 284 g/mol. The maximum absolute atomic E-state index is 9.62. The molecule has 1 aliphatic carbocycles. The van der Waals surface area contributed by atoms with Crippen molar-refractivity contribution >= 4 is 0 Å². The van der Waals surface area contributed by atoms with E-state index in [1.807, 2.05) is 0 Å². The van der Waals surface area contributed by atoms with Gasteiger partial charge >= 0.3 is 0 Å². The second-order valence-corrected chi connectivity index (χ2v) is 6.64. The summed E-state index contributed by atoms with van der Waals surface area (Å²) < 4.78 is 11.9. The molecule has 0 aromatic carbocycles. The van der Waals surface area contributed by atoms with Crippen LogP contribution >= 0.6 is 0 Å². The fourth-order valence-electron chi connectivity index (χ4n) is 3.64. The van der Waals surface area contributed by atoms with Crippen molar-refractivity contribution in [1.82, 2.24) is 0 Å². The highest BCUT2D eigenvalue weighted by atomic mass is 16.7. The number of rotatable bonds is 9. The summed E-state index contributed by atoms with van der Waals surface area (Å²) in [6.07, 6.45) is 12.8. The van der Waals surface area contributed by atoms with E-state index in [0.29, 0.717) is 5.92 Å². The van der Waals surface area contributed by atoms with Gasteiger partial charge in [-0.15, -0.1) is 0 Å².